The Labute approximate surface area is 423 Å². The van der Waals surface area contributed by atoms with Crippen LogP contribution in [0.2, 0.25) is 36.3 Å². The van der Waals surface area contributed by atoms with Gasteiger partial charge in [-0.25, -0.2) is 0 Å². The molecule has 400 valence electrons. The highest BCUT2D eigenvalue weighted by atomic mass is 32.2. The summed E-state index contributed by atoms with van der Waals surface area (Å²) in [6.07, 6.45) is 4.38. The molecule has 9 saturated heterocycles. The van der Waals surface area contributed by atoms with Gasteiger partial charge in [0.1, 0.15) is 36.3 Å². The summed E-state index contributed by atoms with van der Waals surface area (Å²) < 4.78 is 100. The maximum absolute atomic E-state index is 14.7. The number of hydrogen-bond acceptors (Lipinski definition) is 14. The van der Waals surface area contributed by atoms with Gasteiger partial charge in [-0.3, -0.25) is 8.98 Å². The Kier molecular flexibility index (Phi) is 16.5. The molecular weight excluding hydrogens is 949 g/mol. The Morgan fingerprint density at radius 2 is 1.44 bits per heavy atom. The number of carbonyl (C=O) groups excluding carboxylic acids is 1. The lowest BCUT2D eigenvalue weighted by molar-refractivity contribution is -0.292. The average Bonchev–Trinajstić information content (AvgIpc) is 3.81. The molecule has 9 rings (SSSR count). The van der Waals surface area contributed by atoms with E-state index in [2.05, 4.69) is 87.8 Å². The third kappa shape index (κ3) is 12.0. The molecule has 17 heteroatoms. The molecule has 9 heterocycles. The molecule has 0 aromatic carbocycles. The summed E-state index contributed by atoms with van der Waals surface area (Å²) in [7, 11) is -6.47. The zero-order valence-electron chi connectivity index (χ0n) is 45.0. The molecule has 0 radical (unpaired) electrons. The second kappa shape index (κ2) is 20.9. The Bertz CT molecular complexity index is 2000. The molecule has 0 aliphatic carbocycles. The summed E-state index contributed by atoms with van der Waals surface area (Å²) in [5.74, 6) is -0.889. The second-order valence-corrected chi connectivity index (χ2v) is 36.8. The third-order valence-electron chi connectivity index (χ3n) is 18.3. The fourth-order valence-corrected chi connectivity index (χ4v) is 15.3. The van der Waals surface area contributed by atoms with Crippen molar-refractivity contribution in [3.8, 4) is 0 Å². The predicted octanol–water partition coefficient (Wildman–Crippen LogP) is 9.50. The van der Waals surface area contributed by atoms with Gasteiger partial charge in [-0.05, 0) is 105 Å². The fraction of sp³-hybridized carbons (Fsp3) is 0.906. The lowest BCUT2D eigenvalue weighted by Crippen LogP contribution is -2.61. The van der Waals surface area contributed by atoms with E-state index in [-0.39, 0.29) is 108 Å². The van der Waals surface area contributed by atoms with Crippen LogP contribution in [0.3, 0.4) is 0 Å². The summed E-state index contributed by atoms with van der Waals surface area (Å²) in [5, 5.41) is -0.00689. The van der Waals surface area contributed by atoms with E-state index >= 15 is 0 Å². The zero-order chi connectivity index (χ0) is 50.9. The van der Waals surface area contributed by atoms with E-state index < -0.39 is 57.0 Å². The standard InChI is InChI=1S/C53H90O14SSi2/c1-31-18-16-17-23-53-29-44-47(64-53)48-49(63-44)50(65-53)46-40(62-48)22-20-36(60-46)25-34(54)26-38-42(28-41-33(3)32(2)24-35(59-41)19-21-39(31)66-68(11,55)56)61-43(45(38)57-10)27-37(67-70(14,15)52(7,8)9)30-58-69(12,13)51(4,5)6/h32,35-50H,1,3,16-30H2,2,4-15H3/t32?,35?,36?,37?,38?,39?,40?,41?,42-,43+,44?,45+,46-,47?,48-,49?,50?,53-/m0/s1. The molecule has 0 N–H and O–H groups in total. The lowest BCUT2D eigenvalue weighted by Gasteiger charge is -2.47. The van der Waals surface area contributed by atoms with Crippen molar-refractivity contribution in [1.82, 2.24) is 0 Å². The molecule has 0 aromatic heterocycles. The minimum atomic E-state index is -3.78. The van der Waals surface area contributed by atoms with Crippen LogP contribution in [0.1, 0.15) is 138 Å². The maximum Gasteiger partial charge on any atom is 0.264 e. The van der Waals surface area contributed by atoms with Crippen molar-refractivity contribution in [3.63, 3.8) is 0 Å². The number of ketones is 1. The van der Waals surface area contributed by atoms with Gasteiger partial charge >= 0.3 is 0 Å². The number of methoxy groups -OCH3 is 1. The summed E-state index contributed by atoms with van der Waals surface area (Å²) in [6.45, 7) is 34.2. The van der Waals surface area contributed by atoms with Crippen molar-refractivity contribution in [2.24, 2.45) is 11.8 Å². The molecule has 9 fully saturated rings. The van der Waals surface area contributed by atoms with Crippen molar-refractivity contribution >= 4 is 32.5 Å². The van der Waals surface area contributed by atoms with Crippen LogP contribution in [0.25, 0.3) is 0 Å². The van der Waals surface area contributed by atoms with E-state index in [0.717, 1.165) is 43.1 Å². The maximum atomic E-state index is 14.7. The van der Waals surface area contributed by atoms with E-state index in [0.29, 0.717) is 58.0 Å². The van der Waals surface area contributed by atoms with Crippen LogP contribution in [0.4, 0.5) is 0 Å². The van der Waals surface area contributed by atoms with Gasteiger partial charge in [-0.15, -0.1) is 0 Å². The van der Waals surface area contributed by atoms with Gasteiger partial charge in [-0.1, -0.05) is 61.6 Å². The summed E-state index contributed by atoms with van der Waals surface area (Å²) in [5.41, 5.74) is 1.73. The molecule has 70 heavy (non-hydrogen) atoms. The fourth-order valence-electron chi connectivity index (χ4n) is 12.3. The van der Waals surface area contributed by atoms with Crippen molar-refractivity contribution in [3.05, 3.63) is 24.3 Å². The van der Waals surface area contributed by atoms with Gasteiger partial charge < -0.3 is 46.7 Å². The summed E-state index contributed by atoms with van der Waals surface area (Å²) in [6, 6.07) is 0. The molecule has 18 atom stereocenters. The molecular formula is C53H90O14SSi2. The van der Waals surface area contributed by atoms with Crippen LogP contribution >= 0.6 is 0 Å². The first-order valence-corrected chi connectivity index (χ1v) is 34.4. The number of ether oxygens (including phenoxy) is 8. The minimum Gasteiger partial charge on any atom is -0.414 e. The topological polar surface area (TPSA) is 153 Å². The Hall–Kier alpha value is -0.906. The van der Waals surface area contributed by atoms with Gasteiger partial charge in [0.15, 0.2) is 22.4 Å². The number of carbonyl (C=O) groups is 1. The van der Waals surface area contributed by atoms with E-state index in [1.165, 1.54) is 0 Å². The Morgan fingerprint density at radius 3 is 2.13 bits per heavy atom. The number of rotatable bonds is 10. The van der Waals surface area contributed by atoms with Crippen LogP contribution in [0, 0.1) is 11.8 Å². The average molecular weight is 1040 g/mol. The smallest absolute Gasteiger partial charge is 0.264 e. The molecule has 9 aliphatic heterocycles. The number of hydrogen-bond donors (Lipinski definition) is 0. The van der Waals surface area contributed by atoms with E-state index in [4.69, 9.17) is 50.9 Å². The number of fused-ring (bicyclic) bond motifs is 4. The van der Waals surface area contributed by atoms with Crippen molar-refractivity contribution in [2.45, 2.75) is 272 Å². The SMILES string of the molecule is C=C1CCCC[C@@]23CC4OC5C(O2)[C@H]2OC(CCC2O[C@H]5C4O3)CC(=O)CC2[C@H](CC3OC(CCC1OS(C)(=O)=O)CC(C)C3=C)O[C@H](CC(CO[Si](C)(C)C(C)(C)C)O[Si](C)(C)C(C)(C)C)[C@@H]2OC. The molecule has 0 amide bonds. The highest BCUT2D eigenvalue weighted by Gasteiger charge is 2.68. The van der Waals surface area contributed by atoms with Crippen LogP contribution < -0.4 is 0 Å². The van der Waals surface area contributed by atoms with Crippen LogP contribution in [0.5, 0.6) is 0 Å². The molecule has 14 nitrogen and oxygen atoms in total. The van der Waals surface area contributed by atoms with Crippen molar-refractivity contribution in [2.75, 3.05) is 20.0 Å². The van der Waals surface area contributed by atoms with Crippen LogP contribution in [-0.2, 0) is 65.8 Å². The van der Waals surface area contributed by atoms with Crippen LogP contribution in [0.15, 0.2) is 24.3 Å². The second-order valence-electron chi connectivity index (χ2n) is 25.6. The molecule has 0 saturated carbocycles. The first kappa shape index (κ1) is 55.3. The summed E-state index contributed by atoms with van der Waals surface area (Å²) in [4.78, 5) is 14.7. The molecule has 0 aromatic rings. The van der Waals surface area contributed by atoms with Gasteiger partial charge in [0.05, 0.1) is 73.9 Å². The molecule has 1 spiro atoms. The lowest BCUT2D eigenvalue weighted by atomic mass is 9.81. The Morgan fingerprint density at radius 1 is 0.771 bits per heavy atom. The molecule has 9 aliphatic rings. The third-order valence-corrected chi connectivity index (χ3v) is 27.9. The van der Waals surface area contributed by atoms with Crippen molar-refractivity contribution < 1.29 is 64.1 Å². The van der Waals surface area contributed by atoms with E-state index in [1.54, 1.807) is 7.11 Å². The quantitative estimate of drug-likeness (QED) is 0.116. The molecule has 12 unspecified atom stereocenters. The first-order valence-electron chi connectivity index (χ1n) is 26.8. The summed E-state index contributed by atoms with van der Waals surface area (Å²) >= 11 is 0. The zero-order valence-corrected chi connectivity index (χ0v) is 47.8. The monoisotopic (exact) mass is 1040 g/mol. The normalized spacial score (nSPS) is 41.8. The van der Waals surface area contributed by atoms with Crippen LogP contribution in [-0.4, -0.2) is 148 Å². The van der Waals surface area contributed by atoms with E-state index in [9.17, 15) is 13.2 Å². The predicted molar refractivity (Wildman–Crippen MR) is 272 cm³/mol. The van der Waals surface area contributed by atoms with Crippen molar-refractivity contribution in [1.29, 1.82) is 0 Å². The minimum absolute atomic E-state index is 0.0213. The first-order chi connectivity index (χ1) is 32.6. The van der Waals surface area contributed by atoms with Gasteiger partial charge in [0.25, 0.3) is 10.1 Å². The highest BCUT2D eigenvalue weighted by molar-refractivity contribution is 7.86. The largest absolute Gasteiger partial charge is 0.414 e. The van der Waals surface area contributed by atoms with Gasteiger partial charge in [0.2, 0.25) is 0 Å². The van der Waals surface area contributed by atoms with Gasteiger partial charge in [-0.2, -0.15) is 8.42 Å². The number of Topliss-reactive ketones (excluding diaryl/α,β-unsaturated/α-hetero) is 1. The Balaban J connectivity index is 1.08. The highest BCUT2D eigenvalue weighted by Crippen LogP contribution is 2.54. The van der Waals surface area contributed by atoms with E-state index in [1.807, 2.05) is 0 Å². The molecule has 10 bridgehead atoms. The van der Waals surface area contributed by atoms with Gasteiger partial charge in [0, 0.05) is 51.6 Å².